The molecule has 182 valence electrons. The van der Waals surface area contributed by atoms with Crippen LogP contribution >= 0.6 is 11.6 Å². The molecule has 6 N–H and O–H groups in total. The number of fused-ring (bicyclic) bond motifs is 1. The first-order valence-electron chi connectivity index (χ1n) is 9.80. The van der Waals surface area contributed by atoms with E-state index in [4.69, 9.17) is 51.7 Å². The SMILES string of the molecule is C[C@@H](Oc1cc2c(cc1Cl)N(CCC(=O)O)C(=O)CO2)c1ncco1.NC(CO)(CO)CO. The molecule has 2 heterocycles. The van der Waals surface area contributed by atoms with Gasteiger partial charge in [-0.1, -0.05) is 11.6 Å². The van der Waals surface area contributed by atoms with Crippen LogP contribution in [-0.2, 0) is 9.59 Å². The molecule has 1 amide bonds. The lowest BCUT2D eigenvalue weighted by molar-refractivity contribution is -0.136. The van der Waals surface area contributed by atoms with E-state index >= 15 is 0 Å². The van der Waals surface area contributed by atoms with Gasteiger partial charge in [0.1, 0.15) is 17.8 Å². The van der Waals surface area contributed by atoms with Crippen LogP contribution in [0.15, 0.2) is 29.0 Å². The molecule has 33 heavy (non-hydrogen) atoms. The Bertz CT molecular complexity index is 927. The fourth-order valence-electron chi connectivity index (χ4n) is 2.57. The van der Waals surface area contributed by atoms with Gasteiger partial charge >= 0.3 is 5.97 Å². The molecule has 0 saturated heterocycles. The van der Waals surface area contributed by atoms with Crippen LogP contribution in [0.3, 0.4) is 0 Å². The molecule has 0 saturated carbocycles. The number of carbonyl (C=O) groups is 2. The van der Waals surface area contributed by atoms with Gasteiger partial charge in [0.15, 0.2) is 12.7 Å². The molecule has 13 heteroatoms. The van der Waals surface area contributed by atoms with Crippen LogP contribution < -0.4 is 20.1 Å². The maximum atomic E-state index is 12.0. The van der Waals surface area contributed by atoms with Crippen molar-refractivity contribution in [3.05, 3.63) is 35.5 Å². The number of ether oxygens (including phenoxy) is 2. The topological polar surface area (TPSA) is 189 Å². The first kappa shape index (κ1) is 26.4. The van der Waals surface area contributed by atoms with Gasteiger partial charge in [-0.25, -0.2) is 4.98 Å². The molecule has 0 spiro atoms. The normalized spacial score (nSPS) is 14.0. The van der Waals surface area contributed by atoms with E-state index in [2.05, 4.69) is 4.98 Å². The standard InChI is InChI=1S/C16H15ClN2O6.C4H11NO3/c1-9(16-18-3-5-23-16)25-12-7-13-11(6-10(12)17)19(4-2-15(21)22)14(20)8-24-13;5-4(1-6,2-7)3-8/h3,5-7,9H,2,4,8H2,1H3,(H,21,22);6-8H,1-3,5H2/t9-;/m1./s1. The zero-order valence-electron chi connectivity index (χ0n) is 17.8. The van der Waals surface area contributed by atoms with Crippen molar-refractivity contribution in [3.63, 3.8) is 0 Å². The molecule has 0 unspecified atom stereocenters. The summed E-state index contributed by atoms with van der Waals surface area (Å²) in [6.07, 6.45) is 2.30. The van der Waals surface area contributed by atoms with Gasteiger partial charge in [0.2, 0.25) is 5.89 Å². The maximum absolute atomic E-state index is 12.0. The number of aromatic nitrogens is 1. The van der Waals surface area contributed by atoms with Crippen molar-refractivity contribution >= 4 is 29.2 Å². The quantitative estimate of drug-likeness (QED) is 0.327. The van der Waals surface area contributed by atoms with E-state index < -0.39 is 37.4 Å². The van der Waals surface area contributed by atoms with E-state index in [9.17, 15) is 9.59 Å². The van der Waals surface area contributed by atoms with Crippen LogP contribution in [0.2, 0.25) is 5.02 Å². The molecule has 1 aliphatic heterocycles. The van der Waals surface area contributed by atoms with E-state index in [1.54, 1.807) is 13.0 Å². The number of carboxylic acid groups (broad SMARTS) is 1. The number of halogens is 1. The molecule has 2 aromatic rings. The molecular weight excluding hydrogens is 462 g/mol. The Kier molecular flexibility index (Phi) is 9.44. The highest BCUT2D eigenvalue weighted by Crippen LogP contribution is 2.41. The zero-order chi connectivity index (χ0) is 24.6. The van der Waals surface area contributed by atoms with Gasteiger partial charge in [-0.2, -0.15) is 0 Å². The number of carboxylic acids is 1. The number of aliphatic hydroxyl groups is 3. The van der Waals surface area contributed by atoms with Gasteiger partial charge in [0.05, 0.1) is 48.7 Å². The minimum absolute atomic E-state index is 0.0355. The second-order valence-corrected chi connectivity index (χ2v) is 7.60. The molecule has 1 aliphatic rings. The third-order valence-corrected chi connectivity index (χ3v) is 4.85. The molecule has 0 fully saturated rings. The number of nitrogens with two attached hydrogens (primary N) is 1. The zero-order valence-corrected chi connectivity index (χ0v) is 18.6. The highest BCUT2D eigenvalue weighted by atomic mass is 35.5. The minimum atomic E-state index is -1.21. The van der Waals surface area contributed by atoms with Gasteiger partial charge < -0.3 is 45.0 Å². The third-order valence-electron chi connectivity index (χ3n) is 4.55. The van der Waals surface area contributed by atoms with Gasteiger partial charge in [-0.3, -0.25) is 9.59 Å². The molecular formula is C20H26ClN3O9. The fourth-order valence-corrected chi connectivity index (χ4v) is 2.77. The predicted molar refractivity (Wildman–Crippen MR) is 115 cm³/mol. The number of oxazole rings is 1. The average molecular weight is 488 g/mol. The lowest BCUT2D eigenvalue weighted by Gasteiger charge is -2.29. The summed E-state index contributed by atoms with van der Waals surface area (Å²) in [6, 6.07) is 3.09. The summed E-state index contributed by atoms with van der Waals surface area (Å²) in [7, 11) is 0. The summed E-state index contributed by atoms with van der Waals surface area (Å²) >= 11 is 6.26. The highest BCUT2D eigenvalue weighted by Gasteiger charge is 2.28. The van der Waals surface area contributed by atoms with Crippen LogP contribution in [0.25, 0.3) is 0 Å². The number of benzene rings is 1. The second-order valence-electron chi connectivity index (χ2n) is 7.20. The number of amides is 1. The summed E-state index contributed by atoms with van der Waals surface area (Å²) < 4.78 is 16.4. The summed E-state index contributed by atoms with van der Waals surface area (Å²) in [5.74, 6) is -0.186. The smallest absolute Gasteiger partial charge is 0.305 e. The van der Waals surface area contributed by atoms with Gasteiger partial charge in [0, 0.05) is 12.6 Å². The summed E-state index contributed by atoms with van der Waals surface area (Å²) in [6.45, 7) is 0.405. The molecule has 1 atom stereocenters. The van der Waals surface area contributed by atoms with Crippen molar-refractivity contribution in [1.82, 2.24) is 4.98 Å². The lowest BCUT2D eigenvalue weighted by atomic mass is 10.1. The van der Waals surface area contributed by atoms with Crippen molar-refractivity contribution in [2.24, 2.45) is 5.73 Å². The molecule has 1 aromatic heterocycles. The van der Waals surface area contributed by atoms with Crippen LogP contribution in [0.1, 0.15) is 25.3 Å². The predicted octanol–water partition coefficient (Wildman–Crippen LogP) is 0.329. The van der Waals surface area contributed by atoms with Crippen molar-refractivity contribution in [2.45, 2.75) is 25.0 Å². The van der Waals surface area contributed by atoms with E-state index in [0.29, 0.717) is 23.1 Å². The van der Waals surface area contributed by atoms with E-state index in [-0.39, 0.29) is 30.5 Å². The second kappa shape index (κ2) is 11.8. The van der Waals surface area contributed by atoms with E-state index in [0.717, 1.165) is 0 Å². The Morgan fingerprint density at radius 2 is 2.00 bits per heavy atom. The third kappa shape index (κ3) is 7.04. The molecule has 12 nitrogen and oxygen atoms in total. The average Bonchev–Trinajstić information content (AvgIpc) is 3.34. The van der Waals surface area contributed by atoms with Crippen LogP contribution in [0, 0.1) is 0 Å². The number of carbonyl (C=O) groups excluding carboxylic acids is 1. The van der Waals surface area contributed by atoms with E-state index in [1.807, 2.05) is 0 Å². The Labute approximate surface area is 194 Å². The summed E-state index contributed by atoms with van der Waals surface area (Å²) in [5, 5.41) is 34.1. The fraction of sp³-hybridized carbons (Fsp3) is 0.450. The maximum Gasteiger partial charge on any atom is 0.305 e. The van der Waals surface area contributed by atoms with Gasteiger partial charge in [0.25, 0.3) is 5.91 Å². The summed E-state index contributed by atoms with van der Waals surface area (Å²) in [4.78, 5) is 28.2. The van der Waals surface area contributed by atoms with Crippen molar-refractivity contribution in [3.8, 4) is 11.5 Å². The lowest BCUT2D eigenvalue weighted by Crippen LogP contribution is -2.50. The number of nitrogens with zero attached hydrogens (tertiary/aromatic N) is 2. The monoisotopic (exact) mass is 487 g/mol. The number of hydrogen-bond acceptors (Lipinski definition) is 10. The van der Waals surface area contributed by atoms with Crippen molar-refractivity contribution in [2.75, 3.05) is 37.9 Å². The number of aliphatic hydroxyl groups excluding tert-OH is 3. The highest BCUT2D eigenvalue weighted by molar-refractivity contribution is 6.32. The van der Waals surface area contributed by atoms with Crippen molar-refractivity contribution in [1.29, 1.82) is 0 Å². The van der Waals surface area contributed by atoms with Crippen LogP contribution in [-0.4, -0.2) is 75.8 Å². The number of anilines is 1. The molecule has 0 radical (unpaired) electrons. The van der Waals surface area contributed by atoms with Crippen molar-refractivity contribution < 1.29 is 43.9 Å². The van der Waals surface area contributed by atoms with Gasteiger partial charge in [-0.05, 0) is 13.0 Å². The first-order valence-corrected chi connectivity index (χ1v) is 10.2. The minimum Gasteiger partial charge on any atom is -0.481 e. The Morgan fingerprint density at radius 3 is 2.52 bits per heavy atom. The Balaban J connectivity index is 0.000000414. The Hall–Kier alpha value is -2.90. The van der Waals surface area contributed by atoms with Gasteiger partial charge in [-0.15, -0.1) is 0 Å². The van der Waals surface area contributed by atoms with E-state index in [1.165, 1.54) is 23.4 Å². The number of hydrogen-bond donors (Lipinski definition) is 5. The number of rotatable bonds is 9. The van der Waals surface area contributed by atoms with Crippen LogP contribution in [0.4, 0.5) is 5.69 Å². The molecule has 3 rings (SSSR count). The van der Waals surface area contributed by atoms with Crippen LogP contribution in [0.5, 0.6) is 11.5 Å². The molecule has 0 aliphatic carbocycles. The summed E-state index contributed by atoms with van der Waals surface area (Å²) in [5.41, 5.74) is 4.35. The molecule has 1 aromatic carbocycles. The molecule has 0 bridgehead atoms. The number of aliphatic carboxylic acids is 1. The Morgan fingerprint density at radius 1 is 1.33 bits per heavy atom. The largest absolute Gasteiger partial charge is 0.481 e. The first-order chi connectivity index (χ1) is 15.6.